The van der Waals surface area contributed by atoms with Crippen molar-refractivity contribution in [1.29, 1.82) is 0 Å². The van der Waals surface area contributed by atoms with Gasteiger partial charge in [-0.2, -0.15) is 5.10 Å². The number of amides is 1. The Kier molecular flexibility index (Phi) is 8.01. The van der Waals surface area contributed by atoms with Gasteiger partial charge < -0.3 is 4.57 Å². The van der Waals surface area contributed by atoms with Crippen molar-refractivity contribution >= 4 is 22.1 Å². The number of hydrogen-bond donors (Lipinski definition) is 2. The second-order valence-corrected chi connectivity index (χ2v) is 10.6. The summed E-state index contributed by atoms with van der Waals surface area (Å²) in [5.41, 5.74) is 8.16. The Morgan fingerprint density at radius 3 is 2.19 bits per heavy atom. The van der Waals surface area contributed by atoms with Crippen molar-refractivity contribution in [2.24, 2.45) is 5.10 Å². The van der Waals surface area contributed by atoms with Crippen LogP contribution in [-0.2, 0) is 14.8 Å². The van der Waals surface area contributed by atoms with Crippen LogP contribution >= 0.6 is 0 Å². The molecule has 0 fully saturated rings. The van der Waals surface area contributed by atoms with E-state index in [0.717, 1.165) is 28.2 Å². The minimum Gasteiger partial charge on any atom is -0.318 e. The van der Waals surface area contributed by atoms with E-state index in [1.54, 1.807) is 54.7 Å². The largest absolute Gasteiger partial charge is 0.318 e. The van der Waals surface area contributed by atoms with Gasteiger partial charge in [-0.05, 0) is 56.7 Å². The predicted octanol–water partition coefficient (Wildman–Crippen LogP) is 4.96. The fraction of sp³-hybridized carbons (Fsp3) is 0.172. The summed E-state index contributed by atoms with van der Waals surface area (Å²) in [4.78, 5) is 12.9. The van der Waals surface area contributed by atoms with Gasteiger partial charge in [-0.15, -0.1) is 0 Å². The summed E-state index contributed by atoms with van der Waals surface area (Å²) >= 11 is 0. The van der Waals surface area contributed by atoms with Crippen LogP contribution in [-0.4, -0.2) is 25.1 Å². The number of aryl methyl sites for hydroxylation is 2. The van der Waals surface area contributed by atoms with Gasteiger partial charge in [0.05, 0.1) is 17.2 Å². The van der Waals surface area contributed by atoms with Crippen LogP contribution in [0.5, 0.6) is 0 Å². The lowest BCUT2D eigenvalue weighted by Gasteiger charge is -2.18. The molecule has 7 nitrogen and oxygen atoms in total. The fourth-order valence-electron chi connectivity index (χ4n) is 4.18. The Morgan fingerprint density at radius 2 is 1.54 bits per heavy atom. The number of carbonyl (C=O) groups is 1. The molecule has 1 amide bonds. The highest BCUT2D eigenvalue weighted by atomic mass is 32.2. The molecule has 4 rings (SSSR count). The number of nitrogens with zero attached hydrogens (tertiary/aromatic N) is 2. The second kappa shape index (κ2) is 11.4. The van der Waals surface area contributed by atoms with Crippen molar-refractivity contribution in [3.63, 3.8) is 0 Å². The highest BCUT2D eigenvalue weighted by molar-refractivity contribution is 7.89. The van der Waals surface area contributed by atoms with Crippen LogP contribution in [0.15, 0.2) is 101 Å². The lowest BCUT2D eigenvalue weighted by molar-refractivity contribution is -0.121. The molecule has 1 aromatic heterocycles. The molecule has 3 aromatic carbocycles. The molecule has 1 atom stereocenters. The smallest absolute Gasteiger partial charge is 0.242 e. The van der Waals surface area contributed by atoms with E-state index in [1.165, 1.54) is 0 Å². The molecule has 0 aliphatic heterocycles. The standard InChI is InChI=1S/C29H30N4O3S/c1-21-14-16-27(17-15-21)37(35,36)32-28(24-10-6-4-7-11-24)19-29(34)31-30-20-25-18-22(2)33(23(25)3)26-12-8-5-9-13-26/h4-18,20,28,32H,19H2,1-3H3,(H,31,34)/b30-20-/t28-/m0/s1. The van der Waals surface area contributed by atoms with Gasteiger partial charge in [0, 0.05) is 29.1 Å². The van der Waals surface area contributed by atoms with Gasteiger partial charge in [-0.25, -0.2) is 18.6 Å². The zero-order valence-electron chi connectivity index (χ0n) is 21.0. The summed E-state index contributed by atoms with van der Waals surface area (Å²) in [6.07, 6.45) is 1.49. The molecule has 8 heteroatoms. The van der Waals surface area contributed by atoms with Gasteiger partial charge in [-0.1, -0.05) is 66.2 Å². The number of para-hydroxylation sites is 1. The first-order chi connectivity index (χ1) is 17.7. The van der Waals surface area contributed by atoms with Crippen molar-refractivity contribution < 1.29 is 13.2 Å². The number of carbonyl (C=O) groups excluding carboxylic acids is 1. The monoisotopic (exact) mass is 514 g/mol. The van der Waals surface area contributed by atoms with Gasteiger partial charge >= 0.3 is 0 Å². The zero-order chi connectivity index (χ0) is 26.4. The third-order valence-corrected chi connectivity index (χ3v) is 7.59. The lowest BCUT2D eigenvalue weighted by Crippen LogP contribution is -2.32. The molecule has 0 unspecified atom stereocenters. The maximum Gasteiger partial charge on any atom is 0.242 e. The minimum absolute atomic E-state index is 0.116. The van der Waals surface area contributed by atoms with E-state index in [1.807, 2.05) is 63.2 Å². The SMILES string of the molecule is Cc1ccc(S(=O)(=O)N[C@@H](CC(=O)N/N=C\c2cc(C)n(-c3ccccc3)c2C)c2ccccc2)cc1. The minimum atomic E-state index is -3.84. The quantitative estimate of drug-likeness (QED) is 0.244. The molecule has 4 aromatic rings. The van der Waals surface area contributed by atoms with Crippen LogP contribution in [0.2, 0.25) is 0 Å². The molecule has 37 heavy (non-hydrogen) atoms. The van der Waals surface area contributed by atoms with Crippen molar-refractivity contribution in [2.75, 3.05) is 0 Å². The number of hydrogen-bond acceptors (Lipinski definition) is 4. The number of nitrogens with one attached hydrogen (secondary N) is 2. The summed E-state index contributed by atoms with van der Waals surface area (Å²) in [7, 11) is -3.84. The van der Waals surface area contributed by atoms with Crippen molar-refractivity contribution in [2.45, 2.75) is 38.1 Å². The third kappa shape index (κ3) is 6.41. The van der Waals surface area contributed by atoms with E-state index in [-0.39, 0.29) is 11.3 Å². The van der Waals surface area contributed by atoms with Gasteiger partial charge in [-0.3, -0.25) is 4.79 Å². The van der Waals surface area contributed by atoms with Crippen molar-refractivity contribution in [3.05, 3.63) is 119 Å². The Labute approximate surface area is 217 Å². The second-order valence-electron chi connectivity index (χ2n) is 8.89. The van der Waals surface area contributed by atoms with Gasteiger partial charge in [0.15, 0.2) is 0 Å². The van der Waals surface area contributed by atoms with Crippen LogP contribution in [0.3, 0.4) is 0 Å². The Morgan fingerprint density at radius 1 is 0.919 bits per heavy atom. The average Bonchev–Trinajstić information content (AvgIpc) is 3.17. The fourth-order valence-corrected chi connectivity index (χ4v) is 5.41. The summed E-state index contributed by atoms with van der Waals surface area (Å²) < 4.78 is 30.8. The maximum absolute atomic E-state index is 13.0. The summed E-state index contributed by atoms with van der Waals surface area (Å²) in [6, 6.07) is 26.9. The summed E-state index contributed by atoms with van der Waals surface area (Å²) in [5.74, 6) is -0.409. The molecule has 0 spiro atoms. The first kappa shape index (κ1) is 26.1. The Hall–Kier alpha value is -4.01. The highest BCUT2D eigenvalue weighted by Gasteiger charge is 2.23. The van der Waals surface area contributed by atoms with E-state index in [0.29, 0.717) is 5.56 Å². The Bertz CT molecular complexity index is 1490. The van der Waals surface area contributed by atoms with E-state index in [2.05, 4.69) is 19.8 Å². The first-order valence-electron chi connectivity index (χ1n) is 11.9. The highest BCUT2D eigenvalue weighted by Crippen LogP contribution is 2.22. The van der Waals surface area contributed by atoms with Crippen LogP contribution in [0.25, 0.3) is 5.69 Å². The molecular formula is C29H30N4O3S. The van der Waals surface area contributed by atoms with Crippen LogP contribution < -0.4 is 10.1 Å². The average molecular weight is 515 g/mol. The van der Waals surface area contributed by atoms with E-state index in [4.69, 9.17) is 0 Å². The number of hydrazone groups is 1. The van der Waals surface area contributed by atoms with Crippen molar-refractivity contribution in [3.8, 4) is 5.69 Å². The molecule has 0 aliphatic rings. The zero-order valence-corrected chi connectivity index (χ0v) is 21.9. The topological polar surface area (TPSA) is 92.6 Å². The number of rotatable bonds is 9. The van der Waals surface area contributed by atoms with Crippen molar-refractivity contribution in [1.82, 2.24) is 14.7 Å². The lowest BCUT2D eigenvalue weighted by atomic mass is 10.0. The first-order valence-corrected chi connectivity index (χ1v) is 13.4. The predicted molar refractivity (Wildman–Crippen MR) is 146 cm³/mol. The molecule has 0 saturated carbocycles. The molecule has 2 N–H and O–H groups in total. The molecule has 0 saturated heterocycles. The van der Waals surface area contributed by atoms with Gasteiger partial charge in [0.2, 0.25) is 15.9 Å². The Balaban J connectivity index is 1.48. The third-order valence-electron chi connectivity index (χ3n) is 6.10. The summed E-state index contributed by atoms with van der Waals surface area (Å²) in [5, 5.41) is 4.15. The molecule has 190 valence electrons. The summed E-state index contributed by atoms with van der Waals surface area (Å²) in [6.45, 7) is 5.90. The van der Waals surface area contributed by atoms with Crippen LogP contribution in [0, 0.1) is 20.8 Å². The molecule has 0 bridgehead atoms. The molecular weight excluding hydrogens is 484 g/mol. The molecule has 0 aliphatic carbocycles. The van der Waals surface area contributed by atoms with Crippen LogP contribution in [0.4, 0.5) is 0 Å². The van der Waals surface area contributed by atoms with E-state index < -0.39 is 22.0 Å². The van der Waals surface area contributed by atoms with E-state index in [9.17, 15) is 13.2 Å². The van der Waals surface area contributed by atoms with Gasteiger partial charge in [0.1, 0.15) is 0 Å². The number of sulfonamides is 1. The molecule has 0 radical (unpaired) electrons. The number of aromatic nitrogens is 1. The maximum atomic E-state index is 13.0. The normalized spacial score (nSPS) is 12.5. The van der Waals surface area contributed by atoms with Gasteiger partial charge in [0.25, 0.3) is 0 Å². The van der Waals surface area contributed by atoms with Crippen LogP contribution in [0.1, 0.15) is 40.5 Å². The number of benzene rings is 3. The molecule has 1 heterocycles. The van der Waals surface area contributed by atoms with E-state index >= 15 is 0 Å².